The molecule has 104 valence electrons. The first-order valence-corrected chi connectivity index (χ1v) is 7.07. The Morgan fingerprint density at radius 2 is 1.85 bits per heavy atom. The normalized spacial score (nSPS) is 22.6. The van der Waals surface area contributed by atoms with Crippen molar-refractivity contribution in [2.75, 3.05) is 5.32 Å². The molecule has 1 heterocycles. The molecule has 1 saturated carbocycles. The molecule has 1 aliphatic rings. The van der Waals surface area contributed by atoms with Crippen molar-refractivity contribution in [3.63, 3.8) is 0 Å². The minimum Gasteiger partial charge on any atom is -0.481 e. The van der Waals surface area contributed by atoms with Gasteiger partial charge in [-0.3, -0.25) is 4.79 Å². The zero-order chi connectivity index (χ0) is 13.9. The highest BCUT2D eigenvalue weighted by Crippen LogP contribution is 2.26. The lowest BCUT2D eigenvalue weighted by Gasteiger charge is -2.27. The largest absolute Gasteiger partial charge is 0.481 e. The fraction of sp³-hybridized carbons (Fsp3) is 0.375. The van der Waals surface area contributed by atoms with Crippen LogP contribution in [-0.4, -0.2) is 22.1 Å². The molecule has 1 fully saturated rings. The number of nitrogens with zero attached hydrogens (tertiary/aromatic N) is 1. The molecule has 0 saturated heterocycles. The highest BCUT2D eigenvalue weighted by atomic mass is 16.4. The van der Waals surface area contributed by atoms with Gasteiger partial charge in [0.2, 0.25) is 0 Å². The van der Waals surface area contributed by atoms with Crippen LogP contribution < -0.4 is 5.32 Å². The monoisotopic (exact) mass is 270 g/mol. The standard InChI is InChI=1S/C16H18N2O2/c19-16(20)12-5-8-13(9-6-12)17-15-10-7-11-3-1-2-4-14(11)18-15/h1-4,7,10,12-13H,5-6,8-9H2,(H,17,18)(H,19,20). The molecule has 1 aliphatic carbocycles. The molecule has 4 heteroatoms. The van der Waals surface area contributed by atoms with Gasteiger partial charge in [0, 0.05) is 11.4 Å². The number of rotatable bonds is 3. The summed E-state index contributed by atoms with van der Waals surface area (Å²) >= 11 is 0. The van der Waals surface area contributed by atoms with E-state index in [1.54, 1.807) is 0 Å². The third kappa shape index (κ3) is 2.74. The maximum absolute atomic E-state index is 10.9. The van der Waals surface area contributed by atoms with E-state index >= 15 is 0 Å². The van der Waals surface area contributed by atoms with E-state index < -0.39 is 5.97 Å². The minimum atomic E-state index is -0.660. The number of carbonyl (C=O) groups is 1. The summed E-state index contributed by atoms with van der Waals surface area (Å²) in [5.41, 5.74) is 0.983. The number of anilines is 1. The molecule has 2 aromatic rings. The first-order valence-electron chi connectivity index (χ1n) is 7.07. The van der Waals surface area contributed by atoms with E-state index in [0.29, 0.717) is 6.04 Å². The zero-order valence-corrected chi connectivity index (χ0v) is 11.2. The molecule has 0 spiro atoms. The van der Waals surface area contributed by atoms with Gasteiger partial charge < -0.3 is 10.4 Å². The van der Waals surface area contributed by atoms with Crippen LogP contribution in [0.4, 0.5) is 5.82 Å². The second-order valence-corrected chi connectivity index (χ2v) is 5.42. The zero-order valence-electron chi connectivity index (χ0n) is 11.2. The van der Waals surface area contributed by atoms with Gasteiger partial charge in [0.1, 0.15) is 5.82 Å². The van der Waals surface area contributed by atoms with Crippen molar-refractivity contribution >= 4 is 22.7 Å². The number of fused-ring (bicyclic) bond motifs is 1. The summed E-state index contributed by atoms with van der Waals surface area (Å²) < 4.78 is 0. The lowest BCUT2D eigenvalue weighted by atomic mass is 9.86. The first-order chi connectivity index (χ1) is 9.72. The predicted molar refractivity (Wildman–Crippen MR) is 78.7 cm³/mol. The van der Waals surface area contributed by atoms with Crippen molar-refractivity contribution in [3.05, 3.63) is 36.4 Å². The third-order valence-corrected chi connectivity index (χ3v) is 4.03. The van der Waals surface area contributed by atoms with E-state index in [1.807, 2.05) is 30.3 Å². The van der Waals surface area contributed by atoms with Crippen LogP contribution in [0.1, 0.15) is 25.7 Å². The Morgan fingerprint density at radius 1 is 1.10 bits per heavy atom. The SMILES string of the molecule is O=C(O)C1CCC(Nc2ccc3ccccc3n2)CC1. The molecule has 2 N–H and O–H groups in total. The first kappa shape index (κ1) is 12.9. The Hall–Kier alpha value is -2.10. The Balaban J connectivity index is 1.66. The van der Waals surface area contributed by atoms with E-state index in [0.717, 1.165) is 42.4 Å². The topological polar surface area (TPSA) is 62.2 Å². The maximum Gasteiger partial charge on any atom is 0.306 e. The van der Waals surface area contributed by atoms with Crippen LogP contribution in [0.5, 0.6) is 0 Å². The number of hydrogen-bond acceptors (Lipinski definition) is 3. The molecule has 4 nitrogen and oxygen atoms in total. The molecular formula is C16H18N2O2. The number of aromatic nitrogens is 1. The number of pyridine rings is 1. The molecule has 0 bridgehead atoms. The number of nitrogens with one attached hydrogen (secondary N) is 1. The molecule has 0 unspecified atom stereocenters. The van der Waals surface area contributed by atoms with Gasteiger partial charge in [-0.2, -0.15) is 0 Å². The maximum atomic E-state index is 10.9. The fourth-order valence-electron chi connectivity index (χ4n) is 2.84. The summed E-state index contributed by atoms with van der Waals surface area (Å²) in [5.74, 6) is 0.0485. The van der Waals surface area contributed by atoms with Gasteiger partial charge in [-0.1, -0.05) is 18.2 Å². The number of carboxylic acid groups (broad SMARTS) is 1. The van der Waals surface area contributed by atoms with Crippen LogP contribution in [-0.2, 0) is 4.79 Å². The summed E-state index contributed by atoms with van der Waals surface area (Å²) in [5, 5.41) is 13.6. The summed E-state index contributed by atoms with van der Waals surface area (Å²) in [6.45, 7) is 0. The summed E-state index contributed by atoms with van der Waals surface area (Å²) in [6.07, 6.45) is 3.29. The average Bonchev–Trinajstić information content (AvgIpc) is 2.48. The molecule has 0 aliphatic heterocycles. The van der Waals surface area contributed by atoms with E-state index in [-0.39, 0.29) is 5.92 Å². The Kier molecular flexibility index (Phi) is 3.54. The van der Waals surface area contributed by atoms with Gasteiger partial charge in [-0.15, -0.1) is 0 Å². The van der Waals surface area contributed by atoms with Gasteiger partial charge in [-0.25, -0.2) is 4.98 Å². The highest BCUT2D eigenvalue weighted by molar-refractivity contribution is 5.80. The minimum absolute atomic E-state index is 0.169. The third-order valence-electron chi connectivity index (χ3n) is 4.03. The van der Waals surface area contributed by atoms with Crippen LogP contribution in [0.3, 0.4) is 0 Å². The van der Waals surface area contributed by atoms with Crippen molar-refractivity contribution in [2.45, 2.75) is 31.7 Å². The van der Waals surface area contributed by atoms with Crippen LogP contribution in [0.25, 0.3) is 10.9 Å². The van der Waals surface area contributed by atoms with Crippen molar-refractivity contribution in [3.8, 4) is 0 Å². The highest BCUT2D eigenvalue weighted by Gasteiger charge is 2.25. The Bertz CT molecular complexity index is 619. The van der Waals surface area contributed by atoms with Gasteiger partial charge in [0.25, 0.3) is 0 Å². The number of aliphatic carboxylic acids is 1. The molecule has 20 heavy (non-hydrogen) atoms. The number of hydrogen-bond donors (Lipinski definition) is 2. The molecule has 3 rings (SSSR count). The van der Waals surface area contributed by atoms with Crippen LogP contribution >= 0.6 is 0 Å². The van der Waals surface area contributed by atoms with E-state index in [2.05, 4.69) is 16.4 Å². The molecular weight excluding hydrogens is 252 g/mol. The molecule has 0 amide bonds. The number of benzene rings is 1. The summed E-state index contributed by atoms with van der Waals surface area (Å²) in [6, 6.07) is 12.4. The Morgan fingerprint density at radius 3 is 2.60 bits per heavy atom. The lowest BCUT2D eigenvalue weighted by molar-refractivity contribution is -0.142. The predicted octanol–water partition coefficient (Wildman–Crippen LogP) is 3.29. The van der Waals surface area contributed by atoms with Gasteiger partial charge in [0.05, 0.1) is 11.4 Å². The smallest absolute Gasteiger partial charge is 0.306 e. The summed E-state index contributed by atoms with van der Waals surface area (Å²) in [7, 11) is 0. The average molecular weight is 270 g/mol. The van der Waals surface area contributed by atoms with Crippen LogP contribution in [0.2, 0.25) is 0 Å². The van der Waals surface area contributed by atoms with Crippen molar-refractivity contribution in [1.29, 1.82) is 0 Å². The van der Waals surface area contributed by atoms with Gasteiger partial charge in [-0.05, 0) is 43.9 Å². The molecule has 0 atom stereocenters. The van der Waals surface area contributed by atoms with Crippen LogP contribution in [0, 0.1) is 5.92 Å². The van der Waals surface area contributed by atoms with Crippen molar-refractivity contribution in [1.82, 2.24) is 4.98 Å². The van der Waals surface area contributed by atoms with E-state index in [1.165, 1.54) is 0 Å². The van der Waals surface area contributed by atoms with Gasteiger partial charge in [0.15, 0.2) is 0 Å². The van der Waals surface area contributed by atoms with Crippen LogP contribution in [0.15, 0.2) is 36.4 Å². The number of carboxylic acids is 1. The van der Waals surface area contributed by atoms with Crippen molar-refractivity contribution in [2.24, 2.45) is 5.92 Å². The fourth-order valence-corrected chi connectivity index (χ4v) is 2.84. The second-order valence-electron chi connectivity index (χ2n) is 5.42. The second kappa shape index (κ2) is 5.49. The molecule has 1 aromatic carbocycles. The lowest BCUT2D eigenvalue weighted by Crippen LogP contribution is -2.29. The summed E-state index contributed by atoms with van der Waals surface area (Å²) in [4.78, 5) is 15.5. The van der Waals surface area contributed by atoms with Crippen molar-refractivity contribution < 1.29 is 9.90 Å². The quantitative estimate of drug-likeness (QED) is 0.898. The van der Waals surface area contributed by atoms with Gasteiger partial charge >= 0.3 is 5.97 Å². The molecule has 1 aromatic heterocycles. The van der Waals surface area contributed by atoms with E-state index in [4.69, 9.17) is 5.11 Å². The Labute approximate surface area is 117 Å². The van der Waals surface area contributed by atoms with E-state index in [9.17, 15) is 4.79 Å². The molecule has 0 radical (unpaired) electrons. The number of para-hydroxylation sites is 1.